The van der Waals surface area contributed by atoms with Crippen molar-refractivity contribution in [3.05, 3.63) is 47.9 Å². The van der Waals surface area contributed by atoms with E-state index >= 15 is 0 Å². The van der Waals surface area contributed by atoms with E-state index in [2.05, 4.69) is 26.3 Å². The molecule has 0 rings (SSSR count). The van der Waals surface area contributed by atoms with Crippen LogP contribution in [0.4, 0.5) is 0 Å². The van der Waals surface area contributed by atoms with Crippen molar-refractivity contribution in [2.75, 3.05) is 0 Å². The molecule has 0 aromatic carbocycles. The zero-order valence-electron chi connectivity index (χ0n) is 8.74. The molecule has 0 aromatic rings. The van der Waals surface area contributed by atoms with Crippen molar-refractivity contribution in [2.24, 2.45) is 0 Å². The third-order valence-corrected chi connectivity index (χ3v) is 9.90. The lowest BCUT2D eigenvalue weighted by atomic mass is 11.3. The van der Waals surface area contributed by atoms with Crippen LogP contribution >= 0.6 is 68.6 Å². The average molecular weight is 327 g/mol. The van der Waals surface area contributed by atoms with Gasteiger partial charge in [0, 0.05) is 0 Å². The molecule has 90 valence electrons. The smallest absolute Gasteiger partial charge is 0.108 e. The van der Waals surface area contributed by atoms with E-state index in [9.17, 15) is 0 Å². The van der Waals surface area contributed by atoms with E-state index in [0.29, 0.717) is 7.83 Å². The Bertz CT molecular complexity index is 183. The highest BCUT2D eigenvalue weighted by Gasteiger charge is 2.13. The third kappa shape index (κ3) is 9.13. The van der Waals surface area contributed by atoms with Gasteiger partial charge in [-0.2, -0.15) is 0 Å². The Morgan fingerprint density at radius 1 is 0.562 bits per heavy atom. The maximum atomic E-state index is 3.73. The molecule has 0 radical (unpaired) electrons. The highest BCUT2D eigenvalue weighted by Crippen LogP contribution is 2.49. The summed E-state index contributed by atoms with van der Waals surface area (Å²) in [5.74, 6) is 0. The molecule has 0 nitrogen and oxygen atoms in total. The van der Waals surface area contributed by atoms with Crippen LogP contribution in [0, 0.1) is 0 Å². The molecule has 0 aliphatic rings. The van der Waals surface area contributed by atoms with Crippen molar-refractivity contribution in [1.82, 2.24) is 0 Å². The van der Waals surface area contributed by atoms with Gasteiger partial charge in [-0.15, -0.1) is 47.0 Å². The first-order chi connectivity index (χ1) is 7.78. The molecule has 16 heavy (non-hydrogen) atoms. The highest BCUT2D eigenvalue weighted by atomic mass is 33.1. The normalized spacial score (nSPS) is 10.4. The Morgan fingerprint density at radius 3 is 1.00 bits per heavy atom. The van der Waals surface area contributed by atoms with Gasteiger partial charge in [0.05, 0.1) is 0 Å². The lowest BCUT2D eigenvalue weighted by Crippen LogP contribution is -1.88. The van der Waals surface area contributed by atoms with Gasteiger partial charge in [0.1, 0.15) is 7.83 Å². The van der Waals surface area contributed by atoms with Crippen LogP contribution in [0.2, 0.25) is 0 Å². The third-order valence-electron chi connectivity index (χ3n) is 1.04. The van der Waals surface area contributed by atoms with Gasteiger partial charge in [0.15, 0.2) is 0 Å². The Morgan fingerprint density at radius 2 is 0.812 bits per heavy atom. The predicted molar refractivity (Wildman–Crippen MR) is 93.9 cm³/mol. The molecule has 0 amide bonds. The van der Waals surface area contributed by atoms with E-state index in [4.69, 9.17) is 0 Å². The van der Waals surface area contributed by atoms with E-state index in [0.717, 1.165) is 0 Å². The van der Waals surface area contributed by atoms with Crippen LogP contribution in [0.25, 0.3) is 0 Å². The van der Waals surface area contributed by atoms with Crippen molar-refractivity contribution in [3.63, 3.8) is 0 Å². The van der Waals surface area contributed by atoms with Gasteiger partial charge in [-0.1, -0.05) is 47.9 Å². The summed E-state index contributed by atoms with van der Waals surface area (Å²) in [5, 5.41) is 7.46. The number of thioether (sulfide) groups is 4. The molecular formula is C10H14S6. The zero-order chi connectivity index (χ0) is 12.2. The van der Waals surface area contributed by atoms with Gasteiger partial charge in [-0.3, -0.25) is 0 Å². The first kappa shape index (κ1) is 17.1. The van der Waals surface area contributed by atoms with E-state index < -0.39 is 0 Å². The van der Waals surface area contributed by atoms with Gasteiger partial charge in [0.2, 0.25) is 0 Å². The maximum absolute atomic E-state index is 3.73. The van der Waals surface area contributed by atoms with Crippen LogP contribution in [0.5, 0.6) is 0 Å². The van der Waals surface area contributed by atoms with Crippen molar-refractivity contribution in [2.45, 2.75) is 7.83 Å². The quantitative estimate of drug-likeness (QED) is 0.314. The summed E-state index contributed by atoms with van der Waals surface area (Å²) in [7, 11) is 3.64. The van der Waals surface area contributed by atoms with E-state index in [1.165, 1.54) is 0 Å². The minimum absolute atomic E-state index is 0.401. The van der Waals surface area contributed by atoms with Gasteiger partial charge in [-0.05, 0) is 21.6 Å². The maximum Gasteiger partial charge on any atom is 0.114 e. The lowest BCUT2D eigenvalue weighted by molar-refractivity contribution is 2.08. The SMILES string of the molecule is C=CSC(SC=C)SSC(SC=C)SC=C. The molecule has 0 atom stereocenters. The fourth-order valence-electron chi connectivity index (χ4n) is 0.560. The molecule has 0 aliphatic carbocycles. The van der Waals surface area contributed by atoms with E-state index in [-0.39, 0.29) is 0 Å². The van der Waals surface area contributed by atoms with Crippen LogP contribution in [0.1, 0.15) is 0 Å². The van der Waals surface area contributed by atoms with Gasteiger partial charge in [-0.25, -0.2) is 0 Å². The molecule has 0 aliphatic heterocycles. The average Bonchev–Trinajstić information content (AvgIpc) is 2.27. The second kappa shape index (κ2) is 12.5. The summed E-state index contributed by atoms with van der Waals surface area (Å²) in [5.41, 5.74) is 0. The molecule has 0 aromatic heterocycles. The zero-order valence-corrected chi connectivity index (χ0v) is 13.6. The molecule has 0 bridgehead atoms. The fraction of sp³-hybridized carbons (Fsp3) is 0.200. The minimum atomic E-state index is 0.401. The van der Waals surface area contributed by atoms with Crippen LogP contribution in [-0.4, -0.2) is 7.83 Å². The molecule has 0 saturated carbocycles. The summed E-state index contributed by atoms with van der Waals surface area (Å²) in [6.45, 7) is 14.9. The van der Waals surface area contributed by atoms with Crippen LogP contribution < -0.4 is 0 Å². The first-order valence-electron chi connectivity index (χ1n) is 4.16. The predicted octanol–water partition coefficient (Wildman–Crippen LogP) is 6.44. The van der Waals surface area contributed by atoms with E-state index in [1.54, 1.807) is 47.0 Å². The summed E-state index contributed by atoms with van der Waals surface area (Å²) < 4.78 is 0.802. The topological polar surface area (TPSA) is 0 Å². The Hall–Kier alpha value is 1.06. The first-order valence-corrected chi connectivity index (χ1v) is 10.2. The Labute approximate surface area is 123 Å². The monoisotopic (exact) mass is 326 g/mol. The van der Waals surface area contributed by atoms with E-state index in [1.807, 2.05) is 43.2 Å². The molecule has 0 fully saturated rings. The lowest BCUT2D eigenvalue weighted by Gasteiger charge is -2.14. The molecule has 0 N–H and O–H groups in total. The Balaban J connectivity index is 4.00. The highest BCUT2D eigenvalue weighted by molar-refractivity contribution is 8.83. The minimum Gasteiger partial charge on any atom is -0.108 e. The molecule has 0 unspecified atom stereocenters. The molecule has 6 heteroatoms. The Kier molecular flexibility index (Phi) is 13.3. The van der Waals surface area contributed by atoms with Crippen molar-refractivity contribution in [1.29, 1.82) is 0 Å². The molecule has 0 heterocycles. The number of hydrogen-bond acceptors (Lipinski definition) is 6. The molecule has 0 saturated heterocycles. The van der Waals surface area contributed by atoms with Crippen LogP contribution in [0.3, 0.4) is 0 Å². The number of hydrogen-bond donors (Lipinski definition) is 0. The molecular weight excluding hydrogens is 313 g/mol. The van der Waals surface area contributed by atoms with Gasteiger partial charge in [0.25, 0.3) is 0 Å². The summed E-state index contributed by atoms with van der Waals surface area (Å²) in [4.78, 5) is 0. The van der Waals surface area contributed by atoms with Gasteiger partial charge < -0.3 is 0 Å². The van der Waals surface area contributed by atoms with Gasteiger partial charge >= 0.3 is 0 Å². The van der Waals surface area contributed by atoms with Crippen molar-refractivity contribution < 1.29 is 0 Å². The summed E-state index contributed by atoms with van der Waals surface area (Å²) in [6.07, 6.45) is 0. The van der Waals surface area contributed by atoms with Crippen molar-refractivity contribution in [3.8, 4) is 0 Å². The summed E-state index contributed by atoms with van der Waals surface area (Å²) in [6, 6.07) is 0. The van der Waals surface area contributed by atoms with Crippen molar-refractivity contribution >= 4 is 68.6 Å². The fourth-order valence-corrected chi connectivity index (χ4v) is 8.30. The van der Waals surface area contributed by atoms with Crippen LogP contribution in [-0.2, 0) is 0 Å². The second-order valence-electron chi connectivity index (χ2n) is 1.98. The van der Waals surface area contributed by atoms with Crippen LogP contribution in [0.15, 0.2) is 47.9 Å². The summed E-state index contributed by atoms with van der Waals surface area (Å²) >= 11 is 6.83. The molecule has 0 spiro atoms. The standard InChI is InChI=1S/C10H14S6/c1-5-11-9(12-6-2)15-16-10(13-7-3)14-8-4/h5-10H,1-4H2. The second-order valence-corrected chi connectivity index (χ2v) is 10.6. The largest absolute Gasteiger partial charge is 0.114 e. The number of rotatable bonds is 11.